The van der Waals surface area contributed by atoms with Crippen molar-refractivity contribution in [2.75, 3.05) is 13.7 Å². The molecule has 0 bridgehead atoms. The molecule has 0 aromatic heterocycles. The van der Waals surface area contributed by atoms with Gasteiger partial charge in [0.15, 0.2) is 6.61 Å². The van der Waals surface area contributed by atoms with Crippen LogP contribution in [0, 0.1) is 0 Å². The number of rotatable bonds is 6. The number of fused-ring (bicyclic) bond motifs is 1. The van der Waals surface area contributed by atoms with Gasteiger partial charge in [-0.3, -0.25) is 4.79 Å². The van der Waals surface area contributed by atoms with Crippen LogP contribution in [0.15, 0.2) is 65.8 Å². The Morgan fingerprint density at radius 3 is 2.58 bits per heavy atom. The van der Waals surface area contributed by atoms with Gasteiger partial charge in [0.05, 0.1) is 13.3 Å². The first-order chi connectivity index (χ1) is 12.7. The lowest BCUT2D eigenvalue weighted by Gasteiger charge is -2.09. The molecule has 0 unspecified atom stereocenters. The second-order valence-electron chi connectivity index (χ2n) is 5.41. The van der Waals surface area contributed by atoms with E-state index in [0.29, 0.717) is 16.5 Å². The van der Waals surface area contributed by atoms with Gasteiger partial charge in [0.2, 0.25) is 0 Å². The number of para-hydroxylation sites is 1. The summed E-state index contributed by atoms with van der Waals surface area (Å²) in [5.74, 6) is 0.901. The molecule has 0 aliphatic carbocycles. The van der Waals surface area contributed by atoms with E-state index in [2.05, 4.69) is 10.5 Å². The van der Waals surface area contributed by atoms with Gasteiger partial charge in [0, 0.05) is 21.4 Å². The number of benzene rings is 3. The van der Waals surface area contributed by atoms with E-state index in [1.165, 1.54) is 6.21 Å². The fourth-order valence-electron chi connectivity index (χ4n) is 2.48. The van der Waals surface area contributed by atoms with Crippen molar-refractivity contribution in [1.29, 1.82) is 0 Å². The topological polar surface area (TPSA) is 59.9 Å². The number of ether oxygens (including phenoxy) is 2. The molecule has 132 valence electrons. The molecule has 3 aromatic rings. The van der Waals surface area contributed by atoms with Crippen LogP contribution >= 0.6 is 11.6 Å². The predicted molar refractivity (Wildman–Crippen MR) is 103 cm³/mol. The Bertz CT molecular complexity index is 957. The van der Waals surface area contributed by atoms with Crippen LogP contribution in [0.4, 0.5) is 0 Å². The Labute approximate surface area is 156 Å². The van der Waals surface area contributed by atoms with Gasteiger partial charge in [-0.2, -0.15) is 5.10 Å². The highest BCUT2D eigenvalue weighted by atomic mass is 35.5. The molecule has 6 heteroatoms. The second kappa shape index (κ2) is 8.36. The van der Waals surface area contributed by atoms with E-state index in [1.54, 1.807) is 19.2 Å². The molecule has 3 aromatic carbocycles. The molecule has 0 saturated carbocycles. The van der Waals surface area contributed by atoms with Crippen molar-refractivity contribution in [2.45, 2.75) is 0 Å². The predicted octanol–water partition coefficient (Wildman–Crippen LogP) is 4.03. The first-order valence-electron chi connectivity index (χ1n) is 7.94. The number of hydrazone groups is 1. The van der Waals surface area contributed by atoms with Gasteiger partial charge in [0.1, 0.15) is 11.5 Å². The normalized spacial score (nSPS) is 10.8. The summed E-state index contributed by atoms with van der Waals surface area (Å²) >= 11 is 6.18. The van der Waals surface area contributed by atoms with Crippen LogP contribution in [0.5, 0.6) is 11.5 Å². The summed E-state index contributed by atoms with van der Waals surface area (Å²) in [5.41, 5.74) is 3.20. The van der Waals surface area contributed by atoms with E-state index in [-0.39, 0.29) is 12.5 Å². The van der Waals surface area contributed by atoms with Crippen LogP contribution in [0.2, 0.25) is 5.02 Å². The van der Waals surface area contributed by atoms with E-state index < -0.39 is 0 Å². The smallest absolute Gasteiger partial charge is 0.277 e. The maximum absolute atomic E-state index is 12.0. The molecule has 0 aliphatic rings. The van der Waals surface area contributed by atoms with Crippen molar-refractivity contribution in [1.82, 2.24) is 5.43 Å². The molecular formula is C20H17ClN2O3. The largest absolute Gasteiger partial charge is 0.496 e. The highest BCUT2D eigenvalue weighted by Gasteiger charge is 2.07. The van der Waals surface area contributed by atoms with E-state index >= 15 is 0 Å². The lowest BCUT2D eigenvalue weighted by molar-refractivity contribution is -0.123. The minimum Gasteiger partial charge on any atom is -0.496 e. The first-order valence-corrected chi connectivity index (χ1v) is 8.32. The van der Waals surface area contributed by atoms with E-state index in [0.717, 1.165) is 16.3 Å². The minimum atomic E-state index is -0.366. The van der Waals surface area contributed by atoms with Gasteiger partial charge < -0.3 is 9.47 Å². The van der Waals surface area contributed by atoms with E-state index in [1.807, 2.05) is 48.5 Å². The average molecular weight is 369 g/mol. The summed E-state index contributed by atoms with van der Waals surface area (Å²) in [6, 6.07) is 18.5. The standard InChI is InChI=1S/C20H17ClN2O3/c1-25-18-9-5-2-6-14(18)12-22-23-20(24)13-26-19-11-10-17(21)15-7-3-4-8-16(15)19/h2-12H,13H2,1H3,(H,23,24)/b22-12-. The van der Waals surface area contributed by atoms with Crippen molar-refractivity contribution in [2.24, 2.45) is 5.10 Å². The van der Waals surface area contributed by atoms with Crippen molar-refractivity contribution in [3.63, 3.8) is 0 Å². The maximum Gasteiger partial charge on any atom is 0.277 e. The molecule has 0 spiro atoms. The number of carbonyl (C=O) groups is 1. The van der Waals surface area contributed by atoms with Gasteiger partial charge in [-0.25, -0.2) is 5.43 Å². The summed E-state index contributed by atoms with van der Waals surface area (Å²) in [6.45, 7) is -0.158. The van der Waals surface area contributed by atoms with Gasteiger partial charge in [-0.05, 0) is 24.3 Å². The quantitative estimate of drug-likeness (QED) is 0.528. The molecule has 3 rings (SSSR count). The molecule has 0 heterocycles. The maximum atomic E-state index is 12.0. The number of carbonyl (C=O) groups excluding carboxylic acids is 1. The number of hydrogen-bond donors (Lipinski definition) is 1. The molecular weight excluding hydrogens is 352 g/mol. The van der Waals surface area contributed by atoms with Crippen molar-refractivity contribution in [3.05, 3.63) is 71.2 Å². The fourth-order valence-corrected chi connectivity index (χ4v) is 2.71. The fraction of sp³-hybridized carbons (Fsp3) is 0.100. The number of halogens is 1. The number of nitrogens with one attached hydrogen (secondary N) is 1. The first kappa shape index (κ1) is 17.8. The Kier molecular flexibility index (Phi) is 5.71. The minimum absolute atomic E-state index is 0.158. The number of methoxy groups -OCH3 is 1. The summed E-state index contributed by atoms with van der Waals surface area (Å²) < 4.78 is 10.8. The third-order valence-corrected chi connectivity index (χ3v) is 4.05. The summed E-state index contributed by atoms with van der Waals surface area (Å²) in [5, 5.41) is 6.30. The molecule has 0 radical (unpaired) electrons. The summed E-state index contributed by atoms with van der Waals surface area (Å²) in [6.07, 6.45) is 1.52. The summed E-state index contributed by atoms with van der Waals surface area (Å²) in [4.78, 5) is 12.0. The molecule has 1 amide bonds. The van der Waals surface area contributed by atoms with Crippen LogP contribution in [-0.2, 0) is 4.79 Å². The second-order valence-corrected chi connectivity index (χ2v) is 5.82. The van der Waals surface area contributed by atoms with E-state index in [4.69, 9.17) is 21.1 Å². The molecule has 26 heavy (non-hydrogen) atoms. The third-order valence-electron chi connectivity index (χ3n) is 3.72. The van der Waals surface area contributed by atoms with Gasteiger partial charge in [-0.1, -0.05) is 48.0 Å². The third kappa shape index (κ3) is 4.13. The van der Waals surface area contributed by atoms with Crippen LogP contribution in [0.1, 0.15) is 5.56 Å². The van der Waals surface area contributed by atoms with Crippen LogP contribution < -0.4 is 14.9 Å². The Morgan fingerprint density at radius 2 is 1.77 bits per heavy atom. The zero-order valence-corrected chi connectivity index (χ0v) is 14.9. The van der Waals surface area contributed by atoms with Crippen molar-refractivity contribution in [3.8, 4) is 11.5 Å². The van der Waals surface area contributed by atoms with Crippen LogP contribution in [-0.4, -0.2) is 25.8 Å². The van der Waals surface area contributed by atoms with Gasteiger partial charge >= 0.3 is 0 Å². The highest BCUT2D eigenvalue weighted by Crippen LogP contribution is 2.31. The monoisotopic (exact) mass is 368 g/mol. The zero-order valence-electron chi connectivity index (χ0n) is 14.1. The SMILES string of the molecule is COc1ccccc1/C=N\NC(=O)COc1ccc(Cl)c2ccccc12. The molecule has 5 nitrogen and oxygen atoms in total. The molecule has 0 aliphatic heterocycles. The molecule has 0 atom stereocenters. The number of amides is 1. The van der Waals surface area contributed by atoms with Crippen molar-refractivity contribution < 1.29 is 14.3 Å². The van der Waals surface area contributed by atoms with Crippen LogP contribution in [0.25, 0.3) is 10.8 Å². The van der Waals surface area contributed by atoms with E-state index in [9.17, 15) is 4.79 Å². The number of nitrogens with zero attached hydrogens (tertiary/aromatic N) is 1. The molecule has 1 N–H and O–H groups in total. The van der Waals surface area contributed by atoms with Gasteiger partial charge in [0.25, 0.3) is 5.91 Å². The van der Waals surface area contributed by atoms with Gasteiger partial charge in [-0.15, -0.1) is 0 Å². The number of hydrogen-bond acceptors (Lipinski definition) is 4. The lowest BCUT2D eigenvalue weighted by atomic mass is 10.1. The highest BCUT2D eigenvalue weighted by molar-refractivity contribution is 6.35. The average Bonchev–Trinajstić information content (AvgIpc) is 2.68. The zero-order chi connectivity index (χ0) is 18.4. The molecule has 0 saturated heterocycles. The lowest BCUT2D eigenvalue weighted by Crippen LogP contribution is -2.24. The Balaban J connectivity index is 1.61. The van der Waals surface area contributed by atoms with Crippen molar-refractivity contribution >= 4 is 34.5 Å². The van der Waals surface area contributed by atoms with Crippen LogP contribution in [0.3, 0.4) is 0 Å². The Morgan fingerprint density at radius 1 is 1.04 bits per heavy atom. The Hall–Kier alpha value is -3.05. The molecule has 0 fully saturated rings. The summed E-state index contributed by atoms with van der Waals surface area (Å²) in [7, 11) is 1.58.